The standard InChI is InChI=1S/C14H21ClN4/c1-9(8-16)19-13-6-5-11(15)7-12(13)17-14(19)10(2)18(3)4/h5-7,9-10H,8,16H2,1-4H3. The Hall–Kier alpha value is -1.10. The molecule has 0 aliphatic carbocycles. The molecule has 0 saturated heterocycles. The van der Waals surface area contributed by atoms with Crippen molar-refractivity contribution in [2.45, 2.75) is 25.9 Å². The normalized spacial score (nSPS) is 15.1. The van der Waals surface area contributed by atoms with Gasteiger partial charge in [-0.25, -0.2) is 4.98 Å². The summed E-state index contributed by atoms with van der Waals surface area (Å²) in [5.74, 6) is 1.03. The molecular formula is C14H21ClN4. The predicted octanol–water partition coefficient (Wildman–Crippen LogP) is 2.83. The molecule has 2 atom stereocenters. The van der Waals surface area contributed by atoms with Crippen LogP contribution in [-0.2, 0) is 0 Å². The van der Waals surface area contributed by atoms with Crippen molar-refractivity contribution in [1.29, 1.82) is 0 Å². The molecule has 5 heteroatoms. The molecule has 0 radical (unpaired) electrons. The smallest absolute Gasteiger partial charge is 0.127 e. The number of aromatic nitrogens is 2. The summed E-state index contributed by atoms with van der Waals surface area (Å²) < 4.78 is 2.22. The van der Waals surface area contributed by atoms with Gasteiger partial charge in [0.05, 0.1) is 17.1 Å². The third-order valence-electron chi connectivity index (χ3n) is 3.61. The number of imidazole rings is 1. The van der Waals surface area contributed by atoms with Crippen molar-refractivity contribution in [2.24, 2.45) is 5.73 Å². The van der Waals surface area contributed by atoms with Gasteiger partial charge in [0.2, 0.25) is 0 Å². The van der Waals surface area contributed by atoms with E-state index in [2.05, 4.69) is 37.4 Å². The van der Waals surface area contributed by atoms with E-state index in [1.807, 2.05) is 18.2 Å². The lowest BCUT2D eigenvalue weighted by atomic mass is 10.2. The zero-order chi connectivity index (χ0) is 14.2. The summed E-state index contributed by atoms with van der Waals surface area (Å²) in [5, 5.41) is 0.710. The number of nitrogens with two attached hydrogens (primary N) is 1. The van der Waals surface area contributed by atoms with Gasteiger partial charge in [-0.3, -0.25) is 4.90 Å². The molecule has 2 aromatic rings. The minimum atomic E-state index is 0.212. The van der Waals surface area contributed by atoms with Gasteiger partial charge in [-0.05, 0) is 46.1 Å². The quantitative estimate of drug-likeness (QED) is 0.937. The van der Waals surface area contributed by atoms with Gasteiger partial charge >= 0.3 is 0 Å². The van der Waals surface area contributed by atoms with Crippen LogP contribution < -0.4 is 5.73 Å². The Morgan fingerprint density at radius 3 is 2.63 bits per heavy atom. The highest BCUT2D eigenvalue weighted by Gasteiger charge is 2.20. The van der Waals surface area contributed by atoms with Crippen LogP contribution in [0.3, 0.4) is 0 Å². The summed E-state index contributed by atoms with van der Waals surface area (Å²) in [5.41, 5.74) is 7.86. The molecule has 2 N–H and O–H groups in total. The van der Waals surface area contributed by atoms with E-state index in [0.717, 1.165) is 16.9 Å². The molecule has 1 aromatic heterocycles. The molecule has 0 aliphatic heterocycles. The molecule has 0 amide bonds. The van der Waals surface area contributed by atoms with Gasteiger partial charge in [-0.2, -0.15) is 0 Å². The number of fused-ring (bicyclic) bond motifs is 1. The lowest BCUT2D eigenvalue weighted by Gasteiger charge is -2.23. The van der Waals surface area contributed by atoms with Crippen LogP contribution in [0.4, 0.5) is 0 Å². The van der Waals surface area contributed by atoms with Crippen molar-refractivity contribution in [2.75, 3.05) is 20.6 Å². The second-order valence-electron chi connectivity index (χ2n) is 5.20. The van der Waals surface area contributed by atoms with Crippen LogP contribution in [0.15, 0.2) is 18.2 Å². The molecule has 2 unspecified atom stereocenters. The van der Waals surface area contributed by atoms with Gasteiger partial charge < -0.3 is 10.3 Å². The van der Waals surface area contributed by atoms with Crippen molar-refractivity contribution < 1.29 is 0 Å². The highest BCUT2D eigenvalue weighted by atomic mass is 35.5. The van der Waals surface area contributed by atoms with Crippen LogP contribution >= 0.6 is 11.6 Å². The predicted molar refractivity (Wildman–Crippen MR) is 80.6 cm³/mol. The molecular weight excluding hydrogens is 260 g/mol. The molecule has 0 saturated carbocycles. The van der Waals surface area contributed by atoms with Crippen molar-refractivity contribution in [3.63, 3.8) is 0 Å². The molecule has 19 heavy (non-hydrogen) atoms. The SMILES string of the molecule is CC(c1nc2cc(Cl)ccc2n1C(C)CN)N(C)C. The van der Waals surface area contributed by atoms with Gasteiger partial charge in [0.15, 0.2) is 0 Å². The maximum Gasteiger partial charge on any atom is 0.127 e. The Kier molecular flexibility index (Phi) is 4.13. The lowest BCUT2D eigenvalue weighted by molar-refractivity contribution is 0.297. The molecule has 2 rings (SSSR count). The van der Waals surface area contributed by atoms with Crippen molar-refractivity contribution >= 4 is 22.6 Å². The van der Waals surface area contributed by atoms with Crippen LogP contribution in [0.2, 0.25) is 5.02 Å². The van der Waals surface area contributed by atoms with Gasteiger partial charge in [0.1, 0.15) is 5.82 Å². The largest absolute Gasteiger partial charge is 0.328 e. The topological polar surface area (TPSA) is 47.1 Å². The number of benzene rings is 1. The summed E-state index contributed by atoms with van der Waals surface area (Å²) in [6.07, 6.45) is 0. The van der Waals surface area contributed by atoms with Crippen LogP contribution in [-0.4, -0.2) is 35.1 Å². The van der Waals surface area contributed by atoms with Crippen molar-refractivity contribution in [3.8, 4) is 0 Å². The van der Waals surface area contributed by atoms with Crippen LogP contribution in [0, 0.1) is 0 Å². The second-order valence-corrected chi connectivity index (χ2v) is 5.63. The zero-order valence-electron chi connectivity index (χ0n) is 11.9. The number of hydrogen-bond acceptors (Lipinski definition) is 3. The number of halogens is 1. The van der Waals surface area contributed by atoms with E-state index in [1.54, 1.807) is 0 Å². The summed E-state index contributed by atoms with van der Waals surface area (Å²) in [4.78, 5) is 6.89. The fraction of sp³-hybridized carbons (Fsp3) is 0.500. The van der Waals surface area contributed by atoms with Crippen LogP contribution in [0.1, 0.15) is 31.8 Å². The minimum Gasteiger partial charge on any atom is -0.328 e. The molecule has 4 nitrogen and oxygen atoms in total. The van der Waals surface area contributed by atoms with Gasteiger partial charge in [0.25, 0.3) is 0 Å². The maximum atomic E-state index is 6.05. The Morgan fingerprint density at radius 2 is 2.05 bits per heavy atom. The summed E-state index contributed by atoms with van der Waals surface area (Å²) in [7, 11) is 4.10. The Morgan fingerprint density at radius 1 is 1.37 bits per heavy atom. The third-order valence-corrected chi connectivity index (χ3v) is 3.84. The average Bonchev–Trinajstić information content (AvgIpc) is 2.74. The highest BCUT2D eigenvalue weighted by molar-refractivity contribution is 6.31. The van der Waals surface area contributed by atoms with E-state index >= 15 is 0 Å². The highest BCUT2D eigenvalue weighted by Crippen LogP contribution is 2.28. The fourth-order valence-corrected chi connectivity index (χ4v) is 2.35. The van der Waals surface area contributed by atoms with E-state index < -0.39 is 0 Å². The third kappa shape index (κ3) is 2.61. The Balaban J connectivity index is 2.67. The van der Waals surface area contributed by atoms with E-state index in [-0.39, 0.29) is 12.1 Å². The van der Waals surface area contributed by atoms with Crippen molar-refractivity contribution in [3.05, 3.63) is 29.0 Å². The Labute approximate surface area is 119 Å². The number of nitrogens with zero attached hydrogens (tertiary/aromatic N) is 3. The molecule has 0 fully saturated rings. The first-order chi connectivity index (χ1) is 8.95. The average molecular weight is 281 g/mol. The molecule has 0 aliphatic rings. The summed E-state index contributed by atoms with van der Waals surface area (Å²) in [6, 6.07) is 6.25. The first-order valence-corrected chi connectivity index (χ1v) is 6.87. The van der Waals surface area contributed by atoms with Gasteiger partial charge in [0, 0.05) is 17.6 Å². The van der Waals surface area contributed by atoms with E-state index in [4.69, 9.17) is 22.3 Å². The van der Waals surface area contributed by atoms with Crippen LogP contribution in [0.25, 0.3) is 11.0 Å². The summed E-state index contributed by atoms with van der Waals surface area (Å²) >= 11 is 6.05. The van der Waals surface area contributed by atoms with Crippen LogP contribution in [0.5, 0.6) is 0 Å². The fourth-order valence-electron chi connectivity index (χ4n) is 2.18. The first kappa shape index (κ1) is 14.3. The summed E-state index contributed by atoms with van der Waals surface area (Å²) in [6.45, 7) is 4.84. The maximum absolute atomic E-state index is 6.05. The first-order valence-electron chi connectivity index (χ1n) is 6.49. The lowest BCUT2D eigenvalue weighted by Crippen LogP contribution is -2.24. The Bertz CT molecular complexity index is 576. The van der Waals surface area contributed by atoms with Gasteiger partial charge in [-0.1, -0.05) is 11.6 Å². The monoisotopic (exact) mass is 280 g/mol. The van der Waals surface area contributed by atoms with Crippen molar-refractivity contribution in [1.82, 2.24) is 14.5 Å². The van der Waals surface area contributed by atoms with E-state index in [0.29, 0.717) is 11.6 Å². The van der Waals surface area contributed by atoms with Gasteiger partial charge in [-0.15, -0.1) is 0 Å². The number of rotatable bonds is 4. The molecule has 1 heterocycles. The molecule has 104 valence electrons. The van der Waals surface area contributed by atoms with E-state index in [9.17, 15) is 0 Å². The minimum absolute atomic E-state index is 0.212. The molecule has 0 bridgehead atoms. The molecule has 1 aromatic carbocycles. The second kappa shape index (κ2) is 5.49. The van der Waals surface area contributed by atoms with E-state index in [1.165, 1.54) is 0 Å². The number of hydrogen-bond donors (Lipinski definition) is 1. The zero-order valence-corrected chi connectivity index (χ0v) is 12.6. The molecule has 0 spiro atoms.